The minimum Gasteiger partial charge on any atom is -0.489 e. The summed E-state index contributed by atoms with van der Waals surface area (Å²) in [4.78, 5) is 29.1. The number of likely N-dealkylation sites (tertiary alicyclic amines) is 1. The molecule has 0 spiro atoms. The van der Waals surface area contributed by atoms with Crippen molar-refractivity contribution in [3.05, 3.63) is 65.9 Å². The molecular formula is C24H26N2O5. The van der Waals surface area contributed by atoms with Gasteiger partial charge in [-0.05, 0) is 36.6 Å². The van der Waals surface area contributed by atoms with E-state index in [2.05, 4.69) is 4.98 Å². The number of ether oxygens (including phenoxy) is 2. The topological polar surface area (TPSA) is 91.9 Å². The number of carbonyl (C=O) groups is 2. The first-order valence-electron chi connectivity index (χ1n) is 10.4. The normalized spacial score (nSPS) is 16.2. The van der Waals surface area contributed by atoms with Gasteiger partial charge in [0.05, 0.1) is 13.0 Å². The van der Waals surface area contributed by atoms with Crippen LogP contribution in [0.4, 0.5) is 0 Å². The Labute approximate surface area is 180 Å². The van der Waals surface area contributed by atoms with Gasteiger partial charge in [-0.3, -0.25) is 14.5 Å². The Balaban J connectivity index is 1.55. The van der Waals surface area contributed by atoms with Gasteiger partial charge in [0, 0.05) is 35.8 Å². The van der Waals surface area contributed by atoms with Gasteiger partial charge < -0.3 is 19.6 Å². The van der Waals surface area contributed by atoms with Crippen molar-refractivity contribution in [3.63, 3.8) is 0 Å². The van der Waals surface area contributed by atoms with Gasteiger partial charge in [-0.1, -0.05) is 30.3 Å². The van der Waals surface area contributed by atoms with Crippen molar-refractivity contribution in [1.29, 1.82) is 0 Å². The van der Waals surface area contributed by atoms with Crippen LogP contribution in [-0.4, -0.2) is 47.1 Å². The van der Waals surface area contributed by atoms with Crippen LogP contribution in [0.1, 0.15) is 30.0 Å². The molecule has 4 rings (SSSR count). The molecule has 1 fully saturated rings. The Kier molecular flexibility index (Phi) is 6.23. The van der Waals surface area contributed by atoms with E-state index in [4.69, 9.17) is 9.47 Å². The third-order valence-electron chi connectivity index (χ3n) is 5.89. The third kappa shape index (κ3) is 4.56. The fourth-order valence-corrected chi connectivity index (χ4v) is 4.22. The highest BCUT2D eigenvalue weighted by Crippen LogP contribution is 2.34. The number of rotatable bonds is 7. The number of nitrogens with zero attached hydrogens (tertiary/aromatic N) is 1. The molecule has 0 aliphatic carbocycles. The molecule has 0 amide bonds. The molecule has 0 unspecified atom stereocenters. The van der Waals surface area contributed by atoms with Crippen LogP contribution in [-0.2, 0) is 20.9 Å². The van der Waals surface area contributed by atoms with E-state index in [1.165, 1.54) is 7.11 Å². The number of benzene rings is 2. The number of carboxylic acids is 1. The molecule has 0 radical (unpaired) electrons. The van der Waals surface area contributed by atoms with Gasteiger partial charge >= 0.3 is 11.9 Å². The summed E-state index contributed by atoms with van der Waals surface area (Å²) >= 11 is 0. The monoisotopic (exact) mass is 422 g/mol. The SMILES string of the molecule is COC(=O)C1CCN([C@H](C(=O)O)c2c[nH]c3ccc(OCc4ccccc4)cc23)CC1. The summed E-state index contributed by atoms with van der Waals surface area (Å²) in [5.74, 6) is -0.616. The molecule has 7 nitrogen and oxygen atoms in total. The molecule has 0 saturated carbocycles. The van der Waals surface area contributed by atoms with E-state index in [1.54, 1.807) is 6.20 Å². The number of aromatic nitrogens is 1. The van der Waals surface area contributed by atoms with Crippen molar-refractivity contribution in [2.45, 2.75) is 25.5 Å². The van der Waals surface area contributed by atoms with E-state index in [1.807, 2.05) is 53.4 Å². The van der Waals surface area contributed by atoms with Crippen LogP contribution >= 0.6 is 0 Å². The van der Waals surface area contributed by atoms with Gasteiger partial charge in [0.1, 0.15) is 18.4 Å². The molecule has 162 valence electrons. The zero-order valence-corrected chi connectivity index (χ0v) is 17.4. The number of H-pyrrole nitrogens is 1. The zero-order chi connectivity index (χ0) is 21.8. The number of piperidine rings is 1. The second-order valence-corrected chi connectivity index (χ2v) is 7.80. The number of aromatic amines is 1. The Morgan fingerprint density at radius 3 is 2.58 bits per heavy atom. The van der Waals surface area contributed by atoms with Crippen molar-refractivity contribution in [2.75, 3.05) is 20.2 Å². The average Bonchev–Trinajstić information content (AvgIpc) is 3.21. The minimum absolute atomic E-state index is 0.170. The molecule has 1 aliphatic heterocycles. The van der Waals surface area contributed by atoms with Gasteiger partial charge in [-0.15, -0.1) is 0 Å². The fourth-order valence-electron chi connectivity index (χ4n) is 4.22. The van der Waals surface area contributed by atoms with Crippen molar-refractivity contribution >= 4 is 22.8 Å². The predicted octanol–water partition coefficient (Wildman–Crippen LogP) is 3.76. The fraction of sp³-hybridized carbons (Fsp3) is 0.333. The number of carbonyl (C=O) groups excluding carboxylic acids is 1. The quantitative estimate of drug-likeness (QED) is 0.564. The van der Waals surface area contributed by atoms with E-state index >= 15 is 0 Å². The number of hydrogen-bond acceptors (Lipinski definition) is 5. The molecule has 1 aliphatic rings. The summed E-state index contributed by atoms with van der Waals surface area (Å²) in [5, 5.41) is 10.8. The van der Waals surface area contributed by atoms with E-state index in [0.29, 0.717) is 43.9 Å². The van der Waals surface area contributed by atoms with Crippen molar-refractivity contribution in [3.8, 4) is 5.75 Å². The largest absolute Gasteiger partial charge is 0.489 e. The van der Waals surface area contributed by atoms with Crippen LogP contribution in [0.2, 0.25) is 0 Å². The van der Waals surface area contributed by atoms with Gasteiger partial charge in [0.2, 0.25) is 0 Å². The van der Waals surface area contributed by atoms with Crippen LogP contribution < -0.4 is 4.74 Å². The summed E-state index contributed by atoms with van der Waals surface area (Å²) in [5.41, 5.74) is 2.62. The summed E-state index contributed by atoms with van der Waals surface area (Å²) in [7, 11) is 1.39. The number of fused-ring (bicyclic) bond motifs is 1. The lowest BCUT2D eigenvalue weighted by Gasteiger charge is -2.34. The standard InChI is InChI=1S/C24H26N2O5/c1-30-24(29)17-9-11-26(12-10-17)22(23(27)28)20-14-25-21-8-7-18(13-19(20)21)31-15-16-5-3-2-4-6-16/h2-8,13-14,17,22,25H,9-12,15H2,1H3,(H,27,28)/t22-/m0/s1. The van der Waals surface area contributed by atoms with E-state index in [9.17, 15) is 14.7 Å². The number of carboxylic acid groups (broad SMARTS) is 1. The van der Waals surface area contributed by atoms with Crippen molar-refractivity contribution in [1.82, 2.24) is 9.88 Å². The molecule has 3 aromatic rings. The maximum atomic E-state index is 12.2. The Bertz CT molecular complexity index is 1050. The van der Waals surface area contributed by atoms with Crippen LogP contribution in [0, 0.1) is 5.92 Å². The number of methoxy groups -OCH3 is 1. The van der Waals surface area contributed by atoms with E-state index in [-0.39, 0.29) is 11.9 Å². The first-order chi connectivity index (χ1) is 15.1. The number of aliphatic carboxylic acids is 1. The summed E-state index contributed by atoms with van der Waals surface area (Å²) in [6.07, 6.45) is 2.94. The highest BCUT2D eigenvalue weighted by molar-refractivity contribution is 5.90. The van der Waals surface area contributed by atoms with Gasteiger partial charge in [0.15, 0.2) is 0 Å². The van der Waals surface area contributed by atoms with Gasteiger partial charge in [-0.2, -0.15) is 0 Å². The first-order valence-corrected chi connectivity index (χ1v) is 10.4. The van der Waals surface area contributed by atoms with Crippen LogP contribution in [0.25, 0.3) is 10.9 Å². The van der Waals surface area contributed by atoms with Crippen molar-refractivity contribution in [2.24, 2.45) is 5.92 Å². The summed E-state index contributed by atoms with van der Waals surface area (Å²) in [6, 6.07) is 14.8. The van der Waals surface area contributed by atoms with E-state index < -0.39 is 12.0 Å². The van der Waals surface area contributed by atoms with Crippen LogP contribution in [0.3, 0.4) is 0 Å². The predicted molar refractivity (Wildman–Crippen MR) is 116 cm³/mol. The molecule has 31 heavy (non-hydrogen) atoms. The Hall–Kier alpha value is -3.32. The second-order valence-electron chi connectivity index (χ2n) is 7.80. The smallest absolute Gasteiger partial charge is 0.325 e. The molecular weight excluding hydrogens is 396 g/mol. The molecule has 7 heteroatoms. The highest BCUT2D eigenvalue weighted by atomic mass is 16.5. The molecule has 1 aromatic heterocycles. The molecule has 2 heterocycles. The minimum atomic E-state index is -0.909. The molecule has 1 atom stereocenters. The molecule has 2 N–H and O–H groups in total. The number of hydrogen-bond donors (Lipinski definition) is 2. The van der Waals surface area contributed by atoms with Gasteiger partial charge in [-0.25, -0.2) is 0 Å². The Morgan fingerprint density at radius 2 is 1.90 bits per heavy atom. The maximum Gasteiger partial charge on any atom is 0.325 e. The highest BCUT2D eigenvalue weighted by Gasteiger charge is 2.34. The van der Waals surface area contributed by atoms with Crippen LogP contribution in [0.5, 0.6) is 5.75 Å². The number of esters is 1. The summed E-state index contributed by atoms with van der Waals surface area (Å²) < 4.78 is 10.8. The lowest BCUT2D eigenvalue weighted by molar-refractivity contribution is -0.148. The molecule has 1 saturated heterocycles. The lowest BCUT2D eigenvalue weighted by Crippen LogP contribution is -2.41. The Morgan fingerprint density at radius 1 is 1.16 bits per heavy atom. The lowest BCUT2D eigenvalue weighted by atomic mass is 9.94. The maximum absolute atomic E-state index is 12.2. The first kappa shape index (κ1) is 20.9. The van der Waals surface area contributed by atoms with Crippen molar-refractivity contribution < 1.29 is 24.2 Å². The van der Waals surface area contributed by atoms with Gasteiger partial charge in [0.25, 0.3) is 0 Å². The summed E-state index contributed by atoms with van der Waals surface area (Å²) in [6.45, 7) is 1.48. The number of nitrogens with one attached hydrogen (secondary N) is 1. The molecule has 0 bridgehead atoms. The van der Waals surface area contributed by atoms with E-state index in [0.717, 1.165) is 16.5 Å². The molecule has 2 aromatic carbocycles. The zero-order valence-electron chi connectivity index (χ0n) is 17.4. The second kappa shape index (κ2) is 9.22. The third-order valence-corrected chi connectivity index (χ3v) is 5.89. The average molecular weight is 422 g/mol. The van der Waals surface area contributed by atoms with Crippen LogP contribution in [0.15, 0.2) is 54.7 Å².